The minimum absolute atomic E-state index is 0.164. The first-order valence-electron chi connectivity index (χ1n) is 4.05. The second-order valence-corrected chi connectivity index (χ2v) is 3.75. The number of aliphatic hydroxyl groups excluding tert-OH is 1. The van der Waals surface area contributed by atoms with Gasteiger partial charge in [0.15, 0.2) is 11.5 Å². The average Bonchev–Trinajstić information content (AvgIpc) is 2.62. The second-order valence-electron chi connectivity index (χ2n) is 2.90. The molecule has 0 saturated carbocycles. The van der Waals surface area contributed by atoms with Gasteiger partial charge in [0, 0.05) is 10.0 Å². The molecule has 1 N–H and O–H groups in total. The van der Waals surface area contributed by atoms with E-state index in [4.69, 9.17) is 9.47 Å². The summed E-state index contributed by atoms with van der Waals surface area (Å²) in [6.45, 7) is -0.658. The highest BCUT2D eigenvalue weighted by Gasteiger charge is 2.19. The van der Waals surface area contributed by atoms with Crippen molar-refractivity contribution in [2.24, 2.45) is 0 Å². The van der Waals surface area contributed by atoms with Gasteiger partial charge < -0.3 is 14.6 Å². The predicted molar refractivity (Wildman–Crippen MR) is 51.2 cm³/mol. The molecule has 0 saturated heterocycles. The maximum atomic E-state index is 12.3. The second kappa shape index (κ2) is 3.74. The number of hydrogen-bond donors (Lipinski definition) is 1. The van der Waals surface area contributed by atoms with Gasteiger partial charge in [0.25, 0.3) is 0 Å². The Balaban J connectivity index is 2.42. The van der Waals surface area contributed by atoms with E-state index in [0.717, 1.165) is 0 Å². The van der Waals surface area contributed by atoms with Gasteiger partial charge in [0.05, 0.1) is 0 Å². The minimum Gasteiger partial charge on any atom is -0.454 e. The summed E-state index contributed by atoms with van der Waals surface area (Å²) in [4.78, 5) is 0. The van der Waals surface area contributed by atoms with E-state index in [2.05, 4.69) is 15.9 Å². The first kappa shape index (κ1) is 9.73. The molecule has 76 valence electrons. The maximum Gasteiger partial charge on any atom is 0.231 e. The number of halogens is 2. The van der Waals surface area contributed by atoms with Crippen LogP contribution in [0, 0.1) is 0 Å². The van der Waals surface area contributed by atoms with E-state index in [1.807, 2.05) is 0 Å². The largest absolute Gasteiger partial charge is 0.454 e. The van der Waals surface area contributed by atoms with E-state index in [1.54, 1.807) is 12.1 Å². The molecule has 0 amide bonds. The minimum atomic E-state index is -1.13. The standard InChI is InChI=1S/C9H8BrFO3/c10-6-2-9-8(13-4-14-9)1-5(6)7(12)3-11/h1-2,7,12H,3-4H2. The van der Waals surface area contributed by atoms with Crippen molar-refractivity contribution >= 4 is 15.9 Å². The molecule has 0 bridgehead atoms. The third-order valence-corrected chi connectivity index (χ3v) is 2.68. The molecule has 1 aliphatic heterocycles. The molecule has 1 heterocycles. The van der Waals surface area contributed by atoms with Crippen LogP contribution in [0.5, 0.6) is 11.5 Å². The Labute approximate surface area is 88.6 Å². The third-order valence-electron chi connectivity index (χ3n) is 2.00. The monoisotopic (exact) mass is 262 g/mol. The molecule has 5 heteroatoms. The van der Waals surface area contributed by atoms with Crippen LogP contribution in [0.4, 0.5) is 4.39 Å². The van der Waals surface area contributed by atoms with Crippen molar-refractivity contribution in [3.63, 3.8) is 0 Å². The lowest BCUT2D eigenvalue weighted by Gasteiger charge is -2.09. The first-order chi connectivity index (χ1) is 6.72. The first-order valence-corrected chi connectivity index (χ1v) is 4.84. The van der Waals surface area contributed by atoms with E-state index in [-0.39, 0.29) is 6.79 Å². The van der Waals surface area contributed by atoms with Crippen molar-refractivity contribution < 1.29 is 19.0 Å². The molecule has 0 aromatic heterocycles. The Kier molecular flexibility index (Phi) is 2.60. The molecule has 0 fully saturated rings. The molecule has 1 atom stereocenters. The van der Waals surface area contributed by atoms with Crippen LogP contribution in [0.15, 0.2) is 16.6 Å². The van der Waals surface area contributed by atoms with E-state index in [0.29, 0.717) is 21.5 Å². The van der Waals surface area contributed by atoms with Crippen LogP contribution in [-0.4, -0.2) is 18.6 Å². The number of alkyl halides is 1. The van der Waals surface area contributed by atoms with Crippen LogP contribution in [0.3, 0.4) is 0 Å². The Morgan fingerprint density at radius 2 is 2.07 bits per heavy atom. The third kappa shape index (κ3) is 1.57. The number of benzene rings is 1. The Hall–Kier alpha value is -0.810. The molecule has 0 radical (unpaired) electrons. The highest BCUT2D eigenvalue weighted by molar-refractivity contribution is 9.10. The Morgan fingerprint density at radius 1 is 1.43 bits per heavy atom. The summed E-state index contributed by atoms with van der Waals surface area (Å²) in [5.41, 5.74) is 0.469. The molecule has 3 nitrogen and oxygen atoms in total. The molecule has 1 aromatic carbocycles. The predicted octanol–water partition coefficient (Wildman–Crippen LogP) is 2.18. The number of fused-ring (bicyclic) bond motifs is 1. The van der Waals surface area contributed by atoms with Gasteiger partial charge in [-0.25, -0.2) is 4.39 Å². The molecule has 14 heavy (non-hydrogen) atoms. The van der Waals surface area contributed by atoms with E-state index < -0.39 is 12.8 Å². The molecular formula is C9H8BrFO3. The lowest BCUT2D eigenvalue weighted by Crippen LogP contribution is -2.00. The van der Waals surface area contributed by atoms with Crippen LogP contribution in [0.2, 0.25) is 0 Å². The Bertz CT molecular complexity index is 356. The fraction of sp³-hybridized carbons (Fsp3) is 0.333. The van der Waals surface area contributed by atoms with E-state index in [1.165, 1.54) is 0 Å². The number of aliphatic hydroxyl groups is 1. The van der Waals surface area contributed by atoms with Crippen LogP contribution < -0.4 is 9.47 Å². The van der Waals surface area contributed by atoms with Crippen molar-refractivity contribution in [3.05, 3.63) is 22.2 Å². The van der Waals surface area contributed by atoms with Gasteiger partial charge in [-0.3, -0.25) is 0 Å². The average molecular weight is 263 g/mol. The summed E-state index contributed by atoms with van der Waals surface area (Å²) in [5.74, 6) is 1.14. The quantitative estimate of drug-likeness (QED) is 0.888. The summed E-state index contributed by atoms with van der Waals surface area (Å²) in [7, 11) is 0. The van der Waals surface area contributed by atoms with E-state index in [9.17, 15) is 9.50 Å². The van der Waals surface area contributed by atoms with Crippen molar-refractivity contribution in [2.75, 3.05) is 13.5 Å². The van der Waals surface area contributed by atoms with Gasteiger partial charge in [-0.1, -0.05) is 15.9 Å². The topological polar surface area (TPSA) is 38.7 Å². The molecule has 1 aromatic rings. The van der Waals surface area contributed by atoms with E-state index >= 15 is 0 Å². The molecular weight excluding hydrogens is 255 g/mol. The molecule has 0 spiro atoms. The van der Waals surface area contributed by atoms with Gasteiger partial charge in [-0.05, 0) is 12.1 Å². The Morgan fingerprint density at radius 3 is 2.71 bits per heavy atom. The summed E-state index contributed by atoms with van der Waals surface area (Å²) in [6.07, 6.45) is -1.13. The lowest BCUT2D eigenvalue weighted by atomic mass is 10.1. The van der Waals surface area contributed by atoms with Crippen LogP contribution in [0.25, 0.3) is 0 Å². The zero-order chi connectivity index (χ0) is 10.1. The van der Waals surface area contributed by atoms with Crippen molar-refractivity contribution in [2.45, 2.75) is 6.10 Å². The zero-order valence-electron chi connectivity index (χ0n) is 7.17. The normalized spacial score (nSPS) is 15.6. The summed E-state index contributed by atoms with van der Waals surface area (Å²) >= 11 is 3.23. The highest BCUT2D eigenvalue weighted by Crippen LogP contribution is 2.38. The summed E-state index contributed by atoms with van der Waals surface area (Å²) < 4.78 is 23.1. The fourth-order valence-electron chi connectivity index (χ4n) is 1.27. The number of rotatable bonds is 2. The van der Waals surface area contributed by atoms with Crippen molar-refractivity contribution in [1.82, 2.24) is 0 Å². The van der Waals surface area contributed by atoms with Crippen LogP contribution in [-0.2, 0) is 0 Å². The number of ether oxygens (including phenoxy) is 2. The van der Waals surface area contributed by atoms with Gasteiger partial charge in [-0.2, -0.15) is 0 Å². The molecule has 1 aliphatic rings. The van der Waals surface area contributed by atoms with Crippen LogP contribution in [0.1, 0.15) is 11.7 Å². The van der Waals surface area contributed by atoms with Crippen molar-refractivity contribution in [3.8, 4) is 11.5 Å². The van der Waals surface area contributed by atoms with Gasteiger partial charge in [-0.15, -0.1) is 0 Å². The highest BCUT2D eigenvalue weighted by atomic mass is 79.9. The maximum absolute atomic E-state index is 12.3. The number of hydrogen-bond acceptors (Lipinski definition) is 3. The smallest absolute Gasteiger partial charge is 0.231 e. The molecule has 0 aliphatic carbocycles. The lowest BCUT2D eigenvalue weighted by molar-refractivity contribution is 0.140. The van der Waals surface area contributed by atoms with Gasteiger partial charge in [0.1, 0.15) is 12.8 Å². The zero-order valence-corrected chi connectivity index (χ0v) is 8.75. The fourth-order valence-corrected chi connectivity index (χ4v) is 1.86. The molecule has 2 rings (SSSR count). The van der Waals surface area contributed by atoms with Crippen molar-refractivity contribution in [1.29, 1.82) is 0 Å². The SMILES string of the molecule is OC(CF)c1cc2c(cc1Br)OCO2. The van der Waals surface area contributed by atoms with Crippen LogP contribution >= 0.6 is 15.9 Å². The molecule has 1 unspecified atom stereocenters. The summed E-state index contributed by atoms with van der Waals surface area (Å²) in [6, 6.07) is 3.24. The van der Waals surface area contributed by atoms with Gasteiger partial charge in [0.2, 0.25) is 6.79 Å². The van der Waals surface area contributed by atoms with Gasteiger partial charge >= 0.3 is 0 Å². The summed E-state index contributed by atoms with van der Waals surface area (Å²) in [5, 5.41) is 9.34.